The van der Waals surface area contributed by atoms with Crippen molar-refractivity contribution in [2.75, 3.05) is 38.2 Å². The van der Waals surface area contributed by atoms with Crippen LogP contribution in [0.15, 0.2) is 22.9 Å². The van der Waals surface area contributed by atoms with Crippen molar-refractivity contribution < 1.29 is 9.15 Å². The summed E-state index contributed by atoms with van der Waals surface area (Å²) in [6, 6.07) is 4.13. The molecule has 6 heteroatoms. The molecule has 140 valence electrons. The summed E-state index contributed by atoms with van der Waals surface area (Å²) in [6.07, 6.45) is 5.33. The van der Waals surface area contributed by atoms with Gasteiger partial charge in [0.05, 0.1) is 13.7 Å². The topological polar surface area (TPSA) is 54.6 Å². The number of aryl methyl sites for hydroxylation is 2. The van der Waals surface area contributed by atoms with Crippen molar-refractivity contribution in [3.63, 3.8) is 0 Å². The van der Waals surface area contributed by atoms with Crippen LogP contribution in [-0.4, -0.2) is 48.2 Å². The highest BCUT2D eigenvalue weighted by atomic mass is 16.5. The predicted molar refractivity (Wildman–Crippen MR) is 101 cm³/mol. The highest BCUT2D eigenvalue weighted by molar-refractivity contribution is 5.41. The summed E-state index contributed by atoms with van der Waals surface area (Å²) in [5.74, 6) is 3.73. The molecule has 0 unspecified atom stereocenters. The van der Waals surface area contributed by atoms with Crippen molar-refractivity contribution in [2.45, 2.75) is 39.7 Å². The van der Waals surface area contributed by atoms with Gasteiger partial charge in [-0.05, 0) is 51.3 Å². The molecule has 0 aliphatic carbocycles. The van der Waals surface area contributed by atoms with Crippen LogP contribution < -0.4 is 9.64 Å². The lowest BCUT2D eigenvalue weighted by atomic mass is 9.79. The van der Waals surface area contributed by atoms with Gasteiger partial charge in [-0.2, -0.15) is 0 Å². The van der Waals surface area contributed by atoms with Crippen LogP contribution in [0.25, 0.3) is 0 Å². The monoisotopic (exact) mass is 356 g/mol. The van der Waals surface area contributed by atoms with Gasteiger partial charge in [0.1, 0.15) is 23.7 Å². The van der Waals surface area contributed by atoms with Gasteiger partial charge in [0.15, 0.2) is 0 Å². The predicted octanol–water partition coefficient (Wildman–Crippen LogP) is 3.19. The SMILES string of the molecule is COc1cc(N2CCC[C@]3(CCN(Cc4cc(C)c(C)o4)C3)C2)ncn1. The first kappa shape index (κ1) is 17.3. The molecule has 2 aromatic rings. The maximum absolute atomic E-state index is 5.89. The van der Waals surface area contributed by atoms with E-state index >= 15 is 0 Å². The molecule has 0 amide bonds. The molecular weight excluding hydrogens is 328 g/mol. The average molecular weight is 356 g/mol. The number of hydrogen-bond acceptors (Lipinski definition) is 6. The molecule has 1 atom stereocenters. The lowest BCUT2D eigenvalue weighted by Gasteiger charge is -2.41. The zero-order valence-electron chi connectivity index (χ0n) is 16.0. The molecule has 4 rings (SSSR count). The van der Waals surface area contributed by atoms with Crippen molar-refractivity contribution in [3.8, 4) is 5.88 Å². The van der Waals surface area contributed by atoms with Crippen molar-refractivity contribution in [1.82, 2.24) is 14.9 Å². The largest absolute Gasteiger partial charge is 0.481 e. The summed E-state index contributed by atoms with van der Waals surface area (Å²) in [5, 5.41) is 0. The van der Waals surface area contributed by atoms with E-state index in [0.717, 1.165) is 50.1 Å². The van der Waals surface area contributed by atoms with Crippen LogP contribution in [0.2, 0.25) is 0 Å². The van der Waals surface area contributed by atoms with Gasteiger partial charge in [-0.25, -0.2) is 9.97 Å². The normalized spacial score (nSPS) is 23.7. The van der Waals surface area contributed by atoms with Crippen LogP contribution >= 0.6 is 0 Å². The van der Waals surface area contributed by atoms with Crippen molar-refractivity contribution in [1.29, 1.82) is 0 Å². The first-order valence-corrected chi connectivity index (χ1v) is 9.46. The molecule has 0 saturated carbocycles. The van der Waals surface area contributed by atoms with Crippen molar-refractivity contribution >= 4 is 5.82 Å². The van der Waals surface area contributed by atoms with Crippen molar-refractivity contribution in [3.05, 3.63) is 35.5 Å². The second kappa shape index (κ2) is 6.91. The molecule has 1 spiro atoms. The quantitative estimate of drug-likeness (QED) is 0.839. The molecule has 2 aromatic heterocycles. The van der Waals surface area contributed by atoms with Gasteiger partial charge < -0.3 is 14.1 Å². The summed E-state index contributed by atoms with van der Waals surface area (Å²) < 4.78 is 11.1. The summed E-state index contributed by atoms with van der Waals surface area (Å²) in [6.45, 7) is 9.45. The van der Waals surface area contributed by atoms with Gasteiger partial charge >= 0.3 is 0 Å². The zero-order chi connectivity index (χ0) is 18.1. The molecule has 4 heterocycles. The fourth-order valence-electron chi connectivity index (χ4n) is 4.46. The van der Waals surface area contributed by atoms with E-state index in [0.29, 0.717) is 11.3 Å². The van der Waals surface area contributed by atoms with E-state index in [1.165, 1.54) is 24.8 Å². The average Bonchev–Trinajstić information content (AvgIpc) is 3.18. The number of nitrogens with zero attached hydrogens (tertiary/aromatic N) is 4. The van der Waals surface area contributed by atoms with Gasteiger partial charge in [0.2, 0.25) is 5.88 Å². The Morgan fingerprint density at radius 1 is 1.15 bits per heavy atom. The Balaban J connectivity index is 1.43. The van der Waals surface area contributed by atoms with Crippen LogP contribution in [-0.2, 0) is 6.54 Å². The molecule has 26 heavy (non-hydrogen) atoms. The van der Waals surface area contributed by atoms with E-state index < -0.39 is 0 Å². The Kier molecular flexibility index (Phi) is 4.61. The number of hydrogen-bond donors (Lipinski definition) is 0. The van der Waals surface area contributed by atoms with Crippen LogP contribution in [0.1, 0.15) is 36.3 Å². The van der Waals surface area contributed by atoms with E-state index in [1.54, 1.807) is 13.4 Å². The molecule has 0 aromatic carbocycles. The van der Waals surface area contributed by atoms with E-state index in [2.05, 4.69) is 32.8 Å². The minimum Gasteiger partial charge on any atom is -0.481 e. The lowest BCUT2D eigenvalue weighted by molar-refractivity contribution is 0.208. The van der Waals surface area contributed by atoms with Gasteiger partial charge in [-0.3, -0.25) is 4.90 Å². The molecule has 0 N–H and O–H groups in total. The minimum atomic E-state index is 0.354. The molecular formula is C20H28N4O2. The fraction of sp³-hybridized carbons (Fsp3) is 0.600. The maximum atomic E-state index is 5.89. The lowest BCUT2D eigenvalue weighted by Crippen LogP contribution is -2.45. The highest BCUT2D eigenvalue weighted by Crippen LogP contribution is 2.40. The minimum absolute atomic E-state index is 0.354. The standard InChI is InChI=1S/C20H28N4O2/c1-15-9-17(26-16(15)2)11-23-8-6-20(12-23)5-4-7-24(13-20)18-10-19(25-3)22-14-21-18/h9-10,14H,4-8,11-13H2,1-3H3/t20-/m1/s1. The molecule has 2 fully saturated rings. The first-order chi connectivity index (χ1) is 12.6. The summed E-state index contributed by atoms with van der Waals surface area (Å²) in [7, 11) is 1.65. The third-order valence-corrected chi connectivity index (χ3v) is 5.94. The second-order valence-electron chi connectivity index (χ2n) is 7.86. The number of furan rings is 1. The van der Waals surface area contributed by atoms with Crippen molar-refractivity contribution in [2.24, 2.45) is 5.41 Å². The number of piperidine rings is 1. The van der Waals surface area contributed by atoms with E-state index in [-0.39, 0.29) is 0 Å². The third kappa shape index (κ3) is 3.43. The summed E-state index contributed by atoms with van der Waals surface area (Å²) in [5.41, 5.74) is 1.60. The van der Waals surface area contributed by atoms with Crippen LogP contribution in [0.3, 0.4) is 0 Å². The Morgan fingerprint density at radius 2 is 2.04 bits per heavy atom. The Hall–Kier alpha value is -2.08. The zero-order valence-corrected chi connectivity index (χ0v) is 16.0. The Morgan fingerprint density at radius 3 is 2.81 bits per heavy atom. The van der Waals surface area contributed by atoms with Gasteiger partial charge in [-0.1, -0.05) is 0 Å². The van der Waals surface area contributed by atoms with Gasteiger partial charge in [-0.15, -0.1) is 0 Å². The van der Waals surface area contributed by atoms with E-state index in [4.69, 9.17) is 9.15 Å². The molecule has 2 aliphatic rings. The van der Waals surface area contributed by atoms with Crippen LogP contribution in [0.4, 0.5) is 5.82 Å². The highest BCUT2D eigenvalue weighted by Gasteiger charge is 2.41. The molecule has 6 nitrogen and oxygen atoms in total. The number of likely N-dealkylation sites (tertiary alicyclic amines) is 1. The molecule has 2 aliphatic heterocycles. The molecule has 0 radical (unpaired) electrons. The number of anilines is 1. The summed E-state index contributed by atoms with van der Waals surface area (Å²) in [4.78, 5) is 13.5. The van der Waals surface area contributed by atoms with Crippen LogP contribution in [0.5, 0.6) is 5.88 Å². The molecule has 2 saturated heterocycles. The second-order valence-corrected chi connectivity index (χ2v) is 7.86. The third-order valence-electron chi connectivity index (χ3n) is 5.94. The number of aromatic nitrogens is 2. The van der Waals surface area contributed by atoms with E-state index in [1.807, 2.05) is 13.0 Å². The van der Waals surface area contributed by atoms with Crippen LogP contribution in [0, 0.1) is 19.3 Å². The fourth-order valence-corrected chi connectivity index (χ4v) is 4.46. The first-order valence-electron chi connectivity index (χ1n) is 9.46. The van der Waals surface area contributed by atoms with Gasteiger partial charge in [0, 0.05) is 31.1 Å². The van der Waals surface area contributed by atoms with Gasteiger partial charge in [0.25, 0.3) is 0 Å². The van der Waals surface area contributed by atoms with E-state index in [9.17, 15) is 0 Å². The number of rotatable bonds is 4. The molecule has 0 bridgehead atoms. The Bertz CT molecular complexity index is 755. The smallest absolute Gasteiger partial charge is 0.218 e. The Labute approximate surface area is 155 Å². The number of ether oxygens (including phenoxy) is 1. The maximum Gasteiger partial charge on any atom is 0.218 e. The number of methoxy groups -OCH3 is 1. The summed E-state index contributed by atoms with van der Waals surface area (Å²) >= 11 is 0.